The molecule has 0 spiro atoms. The molecule has 7 heteroatoms. The number of hydrogen-bond acceptors (Lipinski definition) is 3. The molecule has 2 fully saturated rings. The number of likely N-dealkylation sites (tertiary alicyclic amines) is 1. The number of benzene rings is 1. The van der Waals surface area contributed by atoms with Crippen LogP contribution < -0.4 is 0 Å². The number of rotatable bonds is 4. The van der Waals surface area contributed by atoms with Crippen LogP contribution in [0, 0.1) is 23.5 Å². The molecular formula is C18H20F2N4O. The Labute approximate surface area is 144 Å². The van der Waals surface area contributed by atoms with Gasteiger partial charge in [-0.05, 0) is 24.5 Å². The Bertz CT molecular complexity index is 828. The molecule has 1 aliphatic heterocycles. The predicted octanol–water partition coefficient (Wildman–Crippen LogP) is 2.69. The Balaban J connectivity index is 1.48. The highest BCUT2D eigenvalue weighted by atomic mass is 19.2. The summed E-state index contributed by atoms with van der Waals surface area (Å²) >= 11 is 0. The first kappa shape index (κ1) is 16.2. The Morgan fingerprint density at radius 2 is 2.12 bits per heavy atom. The van der Waals surface area contributed by atoms with E-state index in [1.807, 2.05) is 11.8 Å². The Morgan fingerprint density at radius 3 is 2.80 bits per heavy atom. The quantitative estimate of drug-likeness (QED) is 0.855. The lowest BCUT2D eigenvalue weighted by atomic mass is 9.79. The average Bonchev–Trinajstić information content (AvgIpc) is 3.20. The van der Waals surface area contributed by atoms with Gasteiger partial charge in [0.2, 0.25) is 5.91 Å². The lowest BCUT2D eigenvalue weighted by molar-refractivity contribution is -0.140. The number of halogens is 2. The minimum atomic E-state index is -0.950. The SMILES string of the molecule is CC[C@@H]1C[C@H]1C(=O)N1CC(C)(c2cn(-c3cccc(F)c3F)nn2)C1. The highest BCUT2D eigenvalue weighted by Crippen LogP contribution is 2.45. The van der Waals surface area contributed by atoms with Crippen LogP contribution in [0.5, 0.6) is 0 Å². The molecule has 0 radical (unpaired) electrons. The van der Waals surface area contributed by atoms with E-state index in [1.165, 1.54) is 16.8 Å². The van der Waals surface area contributed by atoms with Crippen molar-refractivity contribution in [1.82, 2.24) is 19.9 Å². The number of nitrogens with zero attached hydrogens (tertiary/aromatic N) is 4. The zero-order valence-electron chi connectivity index (χ0n) is 14.2. The van der Waals surface area contributed by atoms with Crippen molar-refractivity contribution >= 4 is 5.91 Å². The van der Waals surface area contributed by atoms with Crippen LogP contribution in [0.4, 0.5) is 8.78 Å². The van der Waals surface area contributed by atoms with Crippen LogP contribution in [0.2, 0.25) is 0 Å². The molecule has 4 rings (SSSR count). The van der Waals surface area contributed by atoms with E-state index < -0.39 is 11.6 Å². The number of hydrogen-bond donors (Lipinski definition) is 0. The maximum absolute atomic E-state index is 13.9. The Morgan fingerprint density at radius 1 is 1.36 bits per heavy atom. The van der Waals surface area contributed by atoms with Crippen molar-refractivity contribution in [1.29, 1.82) is 0 Å². The van der Waals surface area contributed by atoms with E-state index >= 15 is 0 Å². The number of carbonyl (C=O) groups is 1. The molecule has 0 N–H and O–H groups in total. The molecular weight excluding hydrogens is 326 g/mol. The van der Waals surface area contributed by atoms with Crippen LogP contribution in [0.15, 0.2) is 24.4 Å². The van der Waals surface area contributed by atoms with Crippen LogP contribution in [0.1, 0.15) is 32.4 Å². The molecule has 132 valence electrons. The number of aromatic nitrogens is 3. The minimum absolute atomic E-state index is 0.0263. The largest absolute Gasteiger partial charge is 0.340 e. The molecule has 1 amide bonds. The van der Waals surface area contributed by atoms with Crippen molar-refractivity contribution in [2.24, 2.45) is 11.8 Å². The molecule has 2 heterocycles. The molecule has 1 aromatic carbocycles. The molecule has 2 atom stereocenters. The Kier molecular flexibility index (Phi) is 3.63. The molecule has 5 nitrogen and oxygen atoms in total. The van der Waals surface area contributed by atoms with Gasteiger partial charge in [-0.2, -0.15) is 0 Å². The van der Waals surface area contributed by atoms with Crippen LogP contribution in [0.25, 0.3) is 5.69 Å². The second-order valence-electron chi connectivity index (χ2n) is 7.39. The van der Waals surface area contributed by atoms with Gasteiger partial charge in [0.05, 0.1) is 11.9 Å². The molecule has 1 aromatic heterocycles. The second-order valence-corrected chi connectivity index (χ2v) is 7.39. The van der Waals surface area contributed by atoms with Gasteiger partial charge < -0.3 is 4.90 Å². The third-order valence-electron chi connectivity index (χ3n) is 5.45. The van der Waals surface area contributed by atoms with Crippen LogP contribution in [0.3, 0.4) is 0 Å². The summed E-state index contributed by atoms with van der Waals surface area (Å²) in [5, 5.41) is 8.06. The summed E-state index contributed by atoms with van der Waals surface area (Å²) in [7, 11) is 0. The van der Waals surface area contributed by atoms with Crippen LogP contribution >= 0.6 is 0 Å². The second kappa shape index (κ2) is 5.61. The molecule has 1 saturated heterocycles. The van der Waals surface area contributed by atoms with Gasteiger partial charge in [-0.1, -0.05) is 31.5 Å². The Hall–Kier alpha value is -2.31. The van der Waals surface area contributed by atoms with Crippen molar-refractivity contribution in [2.75, 3.05) is 13.1 Å². The van der Waals surface area contributed by atoms with E-state index in [0.29, 0.717) is 24.7 Å². The van der Waals surface area contributed by atoms with Gasteiger partial charge in [0.1, 0.15) is 5.69 Å². The van der Waals surface area contributed by atoms with Gasteiger partial charge in [0.25, 0.3) is 0 Å². The summed E-state index contributed by atoms with van der Waals surface area (Å²) in [6, 6.07) is 3.95. The van der Waals surface area contributed by atoms with Crippen molar-refractivity contribution in [2.45, 2.75) is 32.1 Å². The molecule has 2 aromatic rings. The van der Waals surface area contributed by atoms with Crippen LogP contribution in [-0.4, -0.2) is 38.9 Å². The first-order chi connectivity index (χ1) is 11.9. The predicted molar refractivity (Wildman–Crippen MR) is 87.1 cm³/mol. The topological polar surface area (TPSA) is 51.0 Å². The lowest BCUT2D eigenvalue weighted by Crippen LogP contribution is -2.60. The molecule has 25 heavy (non-hydrogen) atoms. The summed E-state index contributed by atoms with van der Waals surface area (Å²) in [5.74, 6) is -0.916. The van der Waals surface area contributed by atoms with E-state index in [-0.39, 0.29) is 22.9 Å². The van der Waals surface area contributed by atoms with Crippen molar-refractivity contribution < 1.29 is 13.6 Å². The summed E-state index contributed by atoms with van der Waals surface area (Å²) in [5.41, 5.74) is 0.412. The normalized spacial score (nSPS) is 24.1. The monoisotopic (exact) mass is 346 g/mol. The highest BCUT2D eigenvalue weighted by Gasteiger charge is 2.50. The smallest absolute Gasteiger partial charge is 0.226 e. The first-order valence-electron chi connectivity index (χ1n) is 8.59. The van der Waals surface area contributed by atoms with Gasteiger partial charge in [-0.15, -0.1) is 5.10 Å². The van der Waals surface area contributed by atoms with E-state index in [4.69, 9.17) is 0 Å². The fourth-order valence-corrected chi connectivity index (χ4v) is 3.68. The molecule has 1 saturated carbocycles. The third kappa shape index (κ3) is 2.62. The third-order valence-corrected chi connectivity index (χ3v) is 5.45. The maximum Gasteiger partial charge on any atom is 0.226 e. The van der Waals surface area contributed by atoms with E-state index in [2.05, 4.69) is 17.2 Å². The standard InChI is InChI=1S/C18H20F2N4O/c1-3-11-7-12(11)17(25)23-9-18(2,10-23)15-8-24(22-21-15)14-6-4-5-13(19)16(14)20/h4-6,8,11-12H,3,7,9-10H2,1-2H3/t11-,12-/m1/s1. The van der Waals surface area contributed by atoms with Crippen molar-refractivity contribution in [3.05, 3.63) is 41.7 Å². The summed E-state index contributed by atoms with van der Waals surface area (Å²) in [4.78, 5) is 14.2. The fraction of sp³-hybridized carbons (Fsp3) is 0.500. The van der Waals surface area contributed by atoms with Gasteiger partial charge in [-0.25, -0.2) is 13.5 Å². The lowest BCUT2D eigenvalue weighted by Gasteiger charge is -2.47. The molecule has 1 aliphatic carbocycles. The average molecular weight is 346 g/mol. The zero-order valence-corrected chi connectivity index (χ0v) is 14.2. The van der Waals surface area contributed by atoms with Crippen molar-refractivity contribution in [3.63, 3.8) is 0 Å². The van der Waals surface area contributed by atoms with E-state index in [0.717, 1.165) is 18.9 Å². The summed E-state index contributed by atoms with van der Waals surface area (Å²) in [6.07, 6.45) is 3.66. The van der Waals surface area contributed by atoms with Crippen molar-refractivity contribution in [3.8, 4) is 5.69 Å². The zero-order chi connectivity index (χ0) is 17.8. The van der Waals surface area contributed by atoms with Gasteiger partial charge in [0.15, 0.2) is 11.6 Å². The summed E-state index contributed by atoms with van der Waals surface area (Å²) in [6.45, 7) is 5.30. The van der Waals surface area contributed by atoms with E-state index in [1.54, 1.807) is 6.20 Å². The first-order valence-corrected chi connectivity index (χ1v) is 8.59. The molecule has 2 aliphatic rings. The minimum Gasteiger partial charge on any atom is -0.340 e. The maximum atomic E-state index is 13.9. The highest BCUT2D eigenvalue weighted by molar-refractivity contribution is 5.82. The molecule has 0 unspecified atom stereocenters. The van der Waals surface area contributed by atoms with Gasteiger partial charge in [0, 0.05) is 24.4 Å². The fourth-order valence-electron chi connectivity index (χ4n) is 3.68. The van der Waals surface area contributed by atoms with E-state index in [9.17, 15) is 13.6 Å². The van der Waals surface area contributed by atoms with Gasteiger partial charge >= 0.3 is 0 Å². The number of carbonyl (C=O) groups excluding carboxylic acids is 1. The van der Waals surface area contributed by atoms with Gasteiger partial charge in [-0.3, -0.25) is 4.79 Å². The molecule has 0 bridgehead atoms. The summed E-state index contributed by atoms with van der Waals surface area (Å²) < 4.78 is 28.5. The van der Waals surface area contributed by atoms with Crippen LogP contribution in [-0.2, 0) is 10.2 Å². The number of amides is 1.